The van der Waals surface area contributed by atoms with Gasteiger partial charge in [-0.25, -0.2) is 0 Å². The van der Waals surface area contributed by atoms with Crippen LogP contribution in [-0.4, -0.2) is 44.4 Å². The lowest BCUT2D eigenvalue weighted by Crippen LogP contribution is -2.37. The van der Waals surface area contributed by atoms with Crippen molar-refractivity contribution in [3.63, 3.8) is 0 Å². The highest BCUT2D eigenvalue weighted by Crippen LogP contribution is 2.32. The first kappa shape index (κ1) is 16.0. The Balaban J connectivity index is 1.97. The van der Waals surface area contributed by atoms with Gasteiger partial charge in [0.05, 0.1) is 24.2 Å². The van der Waals surface area contributed by atoms with Crippen molar-refractivity contribution >= 4 is 23.0 Å². The van der Waals surface area contributed by atoms with E-state index in [-0.39, 0.29) is 16.7 Å². The number of hydrogen-bond acceptors (Lipinski definition) is 5. The number of halogens is 1. The standard InChI is InChI=1S/C14H19ClN2O4/c1-20-8-9-21-12-4-6-16(7-5-12)13-3-2-11(15)10-14(13)17(18)19/h2-3,10,12H,4-9H2,1H3. The van der Waals surface area contributed by atoms with Crippen LogP contribution in [0.4, 0.5) is 11.4 Å². The summed E-state index contributed by atoms with van der Waals surface area (Å²) in [4.78, 5) is 12.8. The first-order valence-electron chi connectivity index (χ1n) is 6.91. The van der Waals surface area contributed by atoms with E-state index in [1.807, 2.05) is 4.90 Å². The van der Waals surface area contributed by atoms with Crippen LogP contribution < -0.4 is 4.90 Å². The zero-order valence-electron chi connectivity index (χ0n) is 12.0. The third-order valence-electron chi connectivity index (χ3n) is 3.56. The maximum Gasteiger partial charge on any atom is 0.294 e. The average Bonchev–Trinajstić information content (AvgIpc) is 2.48. The van der Waals surface area contributed by atoms with Gasteiger partial charge in [-0.1, -0.05) is 11.6 Å². The van der Waals surface area contributed by atoms with Crippen LogP contribution in [0.1, 0.15) is 12.8 Å². The summed E-state index contributed by atoms with van der Waals surface area (Å²) in [5.41, 5.74) is 0.681. The molecule has 0 atom stereocenters. The minimum Gasteiger partial charge on any atom is -0.382 e. The van der Waals surface area contributed by atoms with Crippen molar-refractivity contribution in [1.29, 1.82) is 0 Å². The van der Waals surface area contributed by atoms with Crippen LogP contribution in [0.25, 0.3) is 0 Å². The Labute approximate surface area is 128 Å². The van der Waals surface area contributed by atoms with Gasteiger partial charge in [-0.15, -0.1) is 0 Å². The molecule has 0 aliphatic carbocycles. The number of rotatable bonds is 6. The number of hydrogen-bond donors (Lipinski definition) is 0. The van der Waals surface area contributed by atoms with E-state index in [4.69, 9.17) is 21.1 Å². The van der Waals surface area contributed by atoms with Gasteiger partial charge in [0.2, 0.25) is 0 Å². The molecule has 2 rings (SSSR count). The molecule has 7 heteroatoms. The van der Waals surface area contributed by atoms with Crippen molar-refractivity contribution in [3.05, 3.63) is 33.3 Å². The fraction of sp³-hybridized carbons (Fsp3) is 0.571. The average molecular weight is 315 g/mol. The van der Waals surface area contributed by atoms with Crippen molar-refractivity contribution in [1.82, 2.24) is 0 Å². The van der Waals surface area contributed by atoms with E-state index in [2.05, 4.69) is 0 Å². The van der Waals surface area contributed by atoms with Crippen LogP contribution in [0.2, 0.25) is 5.02 Å². The summed E-state index contributed by atoms with van der Waals surface area (Å²) in [6, 6.07) is 4.80. The first-order valence-corrected chi connectivity index (χ1v) is 7.29. The van der Waals surface area contributed by atoms with Crippen LogP contribution in [0.3, 0.4) is 0 Å². The van der Waals surface area contributed by atoms with Gasteiger partial charge in [0, 0.05) is 31.3 Å². The molecule has 0 amide bonds. The maximum atomic E-state index is 11.1. The van der Waals surface area contributed by atoms with E-state index < -0.39 is 0 Å². The number of nitro benzene ring substituents is 1. The van der Waals surface area contributed by atoms with E-state index in [0.717, 1.165) is 25.9 Å². The molecule has 21 heavy (non-hydrogen) atoms. The Kier molecular flexibility index (Phi) is 5.78. The van der Waals surface area contributed by atoms with E-state index in [1.54, 1.807) is 19.2 Å². The highest BCUT2D eigenvalue weighted by Gasteiger charge is 2.25. The third-order valence-corrected chi connectivity index (χ3v) is 3.79. The number of piperidine rings is 1. The van der Waals surface area contributed by atoms with Gasteiger partial charge < -0.3 is 14.4 Å². The molecule has 0 N–H and O–H groups in total. The number of benzene rings is 1. The molecule has 1 saturated heterocycles. The van der Waals surface area contributed by atoms with Crippen molar-refractivity contribution in [2.45, 2.75) is 18.9 Å². The zero-order chi connectivity index (χ0) is 15.2. The largest absolute Gasteiger partial charge is 0.382 e. The summed E-state index contributed by atoms with van der Waals surface area (Å²) >= 11 is 5.84. The molecule has 0 spiro atoms. The molecule has 0 radical (unpaired) electrons. The molecule has 0 aromatic heterocycles. The molecule has 116 valence electrons. The predicted octanol–water partition coefficient (Wildman–Crippen LogP) is 2.88. The fourth-order valence-electron chi connectivity index (χ4n) is 2.47. The van der Waals surface area contributed by atoms with E-state index in [9.17, 15) is 10.1 Å². The SMILES string of the molecule is COCCOC1CCN(c2ccc(Cl)cc2[N+](=O)[O-])CC1. The van der Waals surface area contributed by atoms with Gasteiger partial charge in [-0.3, -0.25) is 10.1 Å². The van der Waals surface area contributed by atoms with Gasteiger partial charge in [0.25, 0.3) is 5.69 Å². The second-order valence-corrected chi connectivity index (χ2v) is 5.38. The molecule has 6 nitrogen and oxygen atoms in total. The quantitative estimate of drug-likeness (QED) is 0.459. The summed E-state index contributed by atoms with van der Waals surface area (Å²) in [5.74, 6) is 0. The highest BCUT2D eigenvalue weighted by atomic mass is 35.5. The summed E-state index contributed by atoms with van der Waals surface area (Å²) in [7, 11) is 1.64. The van der Waals surface area contributed by atoms with Crippen molar-refractivity contribution < 1.29 is 14.4 Å². The van der Waals surface area contributed by atoms with Crippen molar-refractivity contribution in [3.8, 4) is 0 Å². The second-order valence-electron chi connectivity index (χ2n) is 4.94. The molecule has 1 aliphatic heterocycles. The van der Waals surface area contributed by atoms with E-state index >= 15 is 0 Å². The summed E-state index contributed by atoms with van der Waals surface area (Å²) < 4.78 is 10.7. The fourth-order valence-corrected chi connectivity index (χ4v) is 2.64. The Morgan fingerprint density at radius 1 is 1.38 bits per heavy atom. The number of ether oxygens (including phenoxy) is 2. The van der Waals surface area contributed by atoms with E-state index in [1.165, 1.54) is 6.07 Å². The molecule has 0 saturated carbocycles. The maximum absolute atomic E-state index is 11.1. The van der Waals surface area contributed by atoms with Crippen LogP contribution in [-0.2, 0) is 9.47 Å². The van der Waals surface area contributed by atoms with Gasteiger partial charge >= 0.3 is 0 Å². The molecule has 0 bridgehead atoms. The van der Waals surface area contributed by atoms with Crippen molar-refractivity contribution in [2.75, 3.05) is 38.3 Å². The highest BCUT2D eigenvalue weighted by molar-refractivity contribution is 6.30. The first-order chi connectivity index (χ1) is 10.1. The number of methoxy groups -OCH3 is 1. The molecule has 1 aromatic carbocycles. The summed E-state index contributed by atoms with van der Waals surface area (Å²) in [6.45, 7) is 2.64. The Hall–Kier alpha value is -1.37. The molecule has 1 aromatic rings. The minimum atomic E-state index is -0.387. The summed E-state index contributed by atoms with van der Waals surface area (Å²) in [6.07, 6.45) is 1.90. The van der Waals surface area contributed by atoms with Gasteiger partial charge in [-0.2, -0.15) is 0 Å². The molecule has 0 unspecified atom stereocenters. The van der Waals surface area contributed by atoms with Gasteiger partial charge in [0.15, 0.2) is 0 Å². The van der Waals surface area contributed by atoms with Crippen LogP contribution in [0, 0.1) is 10.1 Å². The lowest BCUT2D eigenvalue weighted by molar-refractivity contribution is -0.384. The Bertz CT molecular complexity index is 490. The number of nitrogens with zero attached hydrogens (tertiary/aromatic N) is 2. The normalized spacial score (nSPS) is 16.2. The van der Waals surface area contributed by atoms with E-state index in [0.29, 0.717) is 23.9 Å². The van der Waals surface area contributed by atoms with Crippen molar-refractivity contribution in [2.24, 2.45) is 0 Å². The van der Waals surface area contributed by atoms with Gasteiger partial charge in [0.1, 0.15) is 5.69 Å². The number of nitro groups is 1. The molecular formula is C14H19ClN2O4. The molecule has 1 fully saturated rings. The summed E-state index contributed by atoms with van der Waals surface area (Å²) in [5, 5.41) is 11.5. The molecule has 1 aliphatic rings. The van der Waals surface area contributed by atoms with Crippen LogP contribution >= 0.6 is 11.6 Å². The minimum absolute atomic E-state index is 0.0567. The van der Waals surface area contributed by atoms with Gasteiger partial charge in [-0.05, 0) is 25.0 Å². The monoisotopic (exact) mass is 314 g/mol. The van der Waals surface area contributed by atoms with Crippen LogP contribution in [0.15, 0.2) is 18.2 Å². The van der Waals surface area contributed by atoms with Crippen LogP contribution in [0.5, 0.6) is 0 Å². The Morgan fingerprint density at radius 3 is 2.71 bits per heavy atom. The Morgan fingerprint density at radius 2 is 2.10 bits per heavy atom. The second kappa shape index (κ2) is 7.59. The lowest BCUT2D eigenvalue weighted by Gasteiger charge is -2.33. The number of anilines is 1. The molecular weight excluding hydrogens is 296 g/mol. The smallest absolute Gasteiger partial charge is 0.294 e. The topological polar surface area (TPSA) is 64.8 Å². The third kappa shape index (κ3) is 4.30. The predicted molar refractivity (Wildman–Crippen MR) is 81.2 cm³/mol. The lowest BCUT2D eigenvalue weighted by atomic mass is 10.1. The zero-order valence-corrected chi connectivity index (χ0v) is 12.7. The molecule has 1 heterocycles.